The second kappa shape index (κ2) is 21.3. The molecule has 13 heteroatoms. The molecule has 2 aliphatic heterocycles. The molecule has 0 spiro atoms. The lowest BCUT2D eigenvalue weighted by molar-refractivity contribution is -0.337. The second-order valence-electron chi connectivity index (χ2n) is 14.2. The molecular formula is C44H52N2O11. The number of hydrogen-bond acceptors (Lipinski definition) is 11. The van der Waals surface area contributed by atoms with Gasteiger partial charge < -0.3 is 54.0 Å². The van der Waals surface area contributed by atoms with Gasteiger partial charge in [-0.3, -0.25) is 9.59 Å². The maximum absolute atomic E-state index is 12.8. The van der Waals surface area contributed by atoms with Crippen LogP contribution in [0.2, 0.25) is 0 Å². The third-order valence-electron chi connectivity index (χ3n) is 9.73. The first kappa shape index (κ1) is 42.1. The average molecular weight is 785 g/mol. The lowest BCUT2D eigenvalue weighted by Gasteiger charge is -2.49. The Balaban J connectivity index is 1.32. The molecule has 4 N–H and O–H groups in total. The van der Waals surface area contributed by atoms with Gasteiger partial charge in [-0.15, -0.1) is 0 Å². The van der Waals surface area contributed by atoms with Crippen LogP contribution in [0.25, 0.3) is 0 Å². The molecule has 57 heavy (non-hydrogen) atoms. The highest BCUT2D eigenvalue weighted by Crippen LogP contribution is 2.33. The lowest BCUT2D eigenvalue weighted by Crippen LogP contribution is -2.69. The molecule has 4 aromatic carbocycles. The van der Waals surface area contributed by atoms with Crippen molar-refractivity contribution < 1.29 is 53.0 Å². The van der Waals surface area contributed by atoms with Crippen molar-refractivity contribution >= 4 is 11.8 Å². The number of benzene rings is 4. The van der Waals surface area contributed by atoms with Crippen molar-refractivity contribution in [2.75, 3.05) is 13.2 Å². The summed E-state index contributed by atoms with van der Waals surface area (Å²) in [6.45, 7) is 3.31. The number of ether oxygens (including phenoxy) is 7. The van der Waals surface area contributed by atoms with Crippen LogP contribution in [-0.2, 0) is 69.2 Å². The molecule has 0 saturated carbocycles. The van der Waals surface area contributed by atoms with Crippen molar-refractivity contribution in [3.63, 3.8) is 0 Å². The maximum Gasteiger partial charge on any atom is 0.217 e. The highest BCUT2D eigenvalue weighted by Gasteiger charge is 2.53. The molecule has 2 saturated heterocycles. The van der Waals surface area contributed by atoms with Gasteiger partial charge in [0.1, 0.15) is 48.7 Å². The van der Waals surface area contributed by atoms with Crippen molar-refractivity contribution in [1.82, 2.24) is 10.6 Å². The van der Waals surface area contributed by atoms with E-state index in [0.717, 1.165) is 22.3 Å². The fourth-order valence-electron chi connectivity index (χ4n) is 6.99. The fraction of sp³-hybridized carbons (Fsp3) is 0.409. The monoisotopic (exact) mass is 784 g/mol. The van der Waals surface area contributed by atoms with Crippen LogP contribution in [0.5, 0.6) is 0 Å². The molecule has 10 atom stereocenters. The number of hydrogen-bond donors (Lipinski definition) is 4. The SMILES string of the molecule is CC(=O)N[C@@H]1[C@@H](OCc2ccccc2)[C@H](O[C@@H]2O[C@H](COCc3ccccc3)[C@@H](O)[C@H](OCc3ccccc3)[C@H]2NC(C)=O)[C@@H](COCc2ccccc2)O[C@H]1O. The quantitative estimate of drug-likeness (QED) is 0.116. The van der Waals surface area contributed by atoms with Gasteiger partial charge in [0.15, 0.2) is 12.6 Å². The molecule has 0 radical (unpaired) electrons. The van der Waals surface area contributed by atoms with E-state index in [2.05, 4.69) is 10.6 Å². The van der Waals surface area contributed by atoms with E-state index >= 15 is 0 Å². The van der Waals surface area contributed by atoms with Crippen LogP contribution in [0.4, 0.5) is 0 Å². The van der Waals surface area contributed by atoms with Gasteiger partial charge in [-0.2, -0.15) is 0 Å². The summed E-state index contributed by atoms with van der Waals surface area (Å²) >= 11 is 0. The first-order valence-electron chi connectivity index (χ1n) is 19.2. The zero-order valence-corrected chi connectivity index (χ0v) is 32.1. The molecule has 0 aliphatic carbocycles. The van der Waals surface area contributed by atoms with E-state index in [0.29, 0.717) is 0 Å². The minimum absolute atomic E-state index is 0.0418. The van der Waals surface area contributed by atoms with Crippen LogP contribution >= 0.6 is 0 Å². The van der Waals surface area contributed by atoms with Crippen molar-refractivity contribution in [1.29, 1.82) is 0 Å². The molecule has 4 aromatic rings. The Morgan fingerprint density at radius 1 is 0.544 bits per heavy atom. The molecular weight excluding hydrogens is 732 g/mol. The number of aliphatic hydroxyl groups excluding tert-OH is 2. The van der Waals surface area contributed by atoms with E-state index in [-0.39, 0.29) is 39.6 Å². The summed E-state index contributed by atoms with van der Waals surface area (Å²) in [7, 11) is 0. The summed E-state index contributed by atoms with van der Waals surface area (Å²) in [5.41, 5.74) is 3.55. The zero-order valence-electron chi connectivity index (χ0n) is 32.1. The minimum Gasteiger partial charge on any atom is -0.388 e. The smallest absolute Gasteiger partial charge is 0.217 e. The van der Waals surface area contributed by atoms with E-state index in [4.69, 9.17) is 33.2 Å². The molecule has 2 heterocycles. The first-order chi connectivity index (χ1) is 27.7. The van der Waals surface area contributed by atoms with Gasteiger partial charge in [0.2, 0.25) is 11.8 Å². The van der Waals surface area contributed by atoms with Crippen LogP contribution in [0.1, 0.15) is 36.1 Å². The topological polar surface area (TPSA) is 163 Å². The standard InChI is InChI=1S/C44H52N2O11/c1-29(47)45-37-42(54-26-34-21-13-6-14-22-34)40(36(55-43(37)50)28-52-24-32-17-9-4-10-18-32)57-44-38(46-30(2)48)41(53-25-33-19-11-5-12-20-33)39(49)35(56-44)27-51-23-31-15-7-3-8-16-31/h3-22,35-44,49-50H,23-28H2,1-2H3,(H,45,47)(H,46,48)/t35-,36-,37-,38-,39-,40-,41-,42-,43-,44+/m1/s1. The molecule has 0 unspecified atom stereocenters. The third-order valence-corrected chi connectivity index (χ3v) is 9.73. The summed E-state index contributed by atoms with van der Waals surface area (Å²) in [6.07, 6.45) is -9.08. The van der Waals surface area contributed by atoms with Crippen LogP contribution in [0.15, 0.2) is 121 Å². The Bertz CT molecular complexity index is 1790. The molecule has 2 amide bonds. The second-order valence-corrected chi connectivity index (χ2v) is 14.2. The highest BCUT2D eigenvalue weighted by atomic mass is 16.7. The largest absolute Gasteiger partial charge is 0.388 e. The molecule has 2 fully saturated rings. The van der Waals surface area contributed by atoms with Crippen molar-refractivity contribution in [3.8, 4) is 0 Å². The lowest BCUT2D eigenvalue weighted by atomic mass is 9.94. The predicted molar refractivity (Wildman–Crippen MR) is 208 cm³/mol. The van der Waals surface area contributed by atoms with E-state index in [1.165, 1.54) is 13.8 Å². The molecule has 6 rings (SSSR count). The fourth-order valence-corrected chi connectivity index (χ4v) is 6.99. The van der Waals surface area contributed by atoms with Crippen LogP contribution < -0.4 is 10.6 Å². The van der Waals surface area contributed by atoms with E-state index in [1.807, 2.05) is 121 Å². The van der Waals surface area contributed by atoms with Gasteiger partial charge in [-0.25, -0.2) is 0 Å². The van der Waals surface area contributed by atoms with Gasteiger partial charge in [0, 0.05) is 13.8 Å². The van der Waals surface area contributed by atoms with Crippen LogP contribution in [-0.4, -0.2) is 96.5 Å². The van der Waals surface area contributed by atoms with Crippen LogP contribution in [0, 0.1) is 0 Å². The molecule has 304 valence electrons. The summed E-state index contributed by atoms with van der Waals surface area (Å²) in [6, 6.07) is 36.0. The van der Waals surface area contributed by atoms with Gasteiger partial charge in [0.25, 0.3) is 0 Å². The predicted octanol–water partition coefficient (Wildman–Crippen LogP) is 3.79. The van der Waals surface area contributed by atoms with E-state index in [1.54, 1.807) is 0 Å². The van der Waals surface area contributed by atoms with Crippen molar-refractivity contribution in [3.05, 3.63) is 144 Å². The molecule has 13 nitrogen and oxygen atoms in total. The summed E-state index contributed by atoms with van der Waals surface area (Å²) in [5.74, 6) is -0.839. The molecule has 0 bridgehead atoms. The number of aliphatic hydroxyl groups is 2. The van der Waals surface area contributed by atoms with E-state index < -0.39 is 73.1 Å². The highest BCUT2D eigenvalue weighted by molar-refractivity contribution is 5.73. The first-order valence-corrected chi connectivity index (χ1v) is 19.2. The van der Waals surface area contributed by atoms with Gasteiger partial charge in [-0.1, -0.05) is 121 Å². The number of nitrogens with one attached hydrogen (secondary N) is 2. The van der Waals surface area contributed by atoms with Gasteiger partial charge in [-0.05, 0) is 22.3 Å². The Labute approximate surface area is 333 Å². The molecule has 0 aromatic heterocycles. The summed E-state index contributed by atoms with van der Waals surface area (Å²) < 4.78 is 44.7. The third kappa shape index (κ3) is 12.2. The van der Waals surface area contributed by atoms with Gasteiger partial charge in [0.05, 0.1) is 39.6 Å². The number of carbonyl (C=O) groups is 2. The Morgan fingerprint density at radius 2 is 0.965 bits per heavy atom. The minimum atomic E-state index is -1.50. The summed E-state index contributed by atoms with van der Waals surface area (Å²) in [4.78, 5) is 25.4. The Hall–Kier alpha value is -4.54. The van der Waals surface area contributed by atoms with Crippen molar-refractivity contribution in [2.24, 2.45) is 0 Å². The van der Waals surface area contributed by atoms with Gasteiger partial charge >= 0.3 is 0 Å². The molecule has 2 aliphatic rings. The Kier molecular flexibility index (Phi) is 15.7. The Morgan fingerprint density at radius 3 is 1.44 bits per heavy atom. The maximum atomic E-state index is 12.8. The van der Waals surface area contributed by atoms with Crippen LogP contribution in [0.3, 0.4) is 0 Å². The zero-order chi connectivity index (χ0) is 40.0. The number of carbonyl (C=O) groups excluding carboxylic acids is 2. The average Bonchev–Trinajstić information content (AvgIpc) is 3.21. The van der Waals surface area contributed by atoms with E-state index in [9.17, 15) is 19.8 Å². The van der Waals surface area contributed by atoms with Crippen molar-refractivity contribution in [2.45, 2.75) is 102 Å². The normalized spacial score (nSPS) is 27.4. The number of rotatable bonds is 18. The number of amides is 2. The summed E-state index contributed by atoms with van der Waals surface area (Å²) in [5, 5.41) is 28.9.